The second-order valence-electron chi connectivity index (χ2n) is 8.24. The molecule has 0 aliphatic carbocycles. The van der Waals surface area contributed by atoms with Crippen molar-refractivity contribution in [3.05, 3.63) is 0 Å². The zero-order valence-electron chi connectivity index (χ0n) is 16.0. The van der Waals surface area contributed by atoms with Crippen LogP contribution in [-0.2, 0) is 23.4 Å². The van der Waals surface area contributed by atoms with Gasteiger partial charge in [0.1, 0.15) is 5.60 Å². The molecule has 0 amide bonds. The summed E-state index contributed by atoms with van der Waals surface area (Å²) in [6.45, 7) is 16.8. The topological polar surface area (TPSA) is 46.2 Å². The van der Waals surface area contributed by atoms with Gasteiger partial charge < -0.3 is 23.4 Å². The van der Waals surface area contributed by atoms with E-state index in [1.165, 1.54) is 0 Å². The largest absolute Gasteiger partial charge is 0.490 e. The van der Waals surface area contributed by atoms with Gasteiger partial charge >= 0.3 is 14.0 Å². The van der Waals surface area contributed by atoms with Gasteiger partial charge in [-0.15, -0.1) is 0 Å². The molecule has 0 radical (unpaired) electrons. The van der Waals surface area contributed by atoms with E-state index in [0.29, 0.717) is 6.61 Å². The van der Waals surface area contributed by atoms with Crippen molar-refractivity contribution in [3.63, 3.8) is 0 Å². The maximum Gasteiger partial charge on any atom is 0.490 e. The molecule has 2 rings (SSSR count). The first kappa shape index (κ1) is 19.3. The van der Waals surface area contributed by atoms with Crippen molar-refractivity contribution in [1.82, 2.24) is 0 Å². The molecule has 1 atom stereocenters. The summed E-state index contributed by atoms with van der Waals surface area (Å²) >= 11 is 0. The predicted octanol–water partition coefficient (Wildman–Crippen LogP) is 3.39. The molecule has 0 spiro atoms. The van der Waals surface area contributed by atoms with Crippen LogP contribution in [0.25, 0.3) is 0 Å². The van der Waals surface area contributed by atoms with Crippen molar-refractivity contribution < 1.29 is 23.4 Å². The van der Waals surface area contributed by atoms with E-state index in [2.05, 4.69) is 6.92 Å². The van der Waals surface area contributed by atoms with Crippen molar-refractivity contribution in [3.8, 4) is 0 Å². The summed E-state index contributed by atoms with van der Waals surface area (Å²) in [5, 5.41) is 0. The number of rotatable bonds is 6. The van der Waals surface area contributed by atoms with Crippen LogP contribution in [0, 0.1) is 0 Å². The van der Waals surface area contributed by atoms with Crippen LogP contribution >= 0.6 is 0 Å². The molecule has 2 heterocycles. The third-order valence-corrected chi connectivity index (χ3v) is 5.46. The zero-order valence-corrected chi connectivity index (χ0v) is 16.0. The highest BCUT2D eigenvalue weighted by Crippen LogP contribution is 2.43. The monoisotopic (exact) mass is 326 g/mol. The van der Waals surface area contributed by atoms with Crippen molar-refractivity contribution in [2.24, 2.45) is 0 Å². The Hall–Kier alpha value is -0.0701. The Morgan fingerprint density at radius 1 is 0.696 bits per heavy atom. The van der Waals surface area contributed by atoms with Crippen LogP contribution in [0.1, 0.15) is 74.7 Å². The zero-order chi connectivity index (χ0) is 17.5. The summed E-state index contributed by atoms with van der Waals surface area (Å²) < 4.78 is 30.4. The molecule has 5 nitrogen and oxygen atoms in total. The summed E-state index contributed by atoms with van der Waals surface area (Å²) in [5.74, 6) is -0.811. The SMILES string of the molecule is CCCCCO[C@@]1(C)OB(B2OC(C)(C)C(C)(C)O2)OC1(C)C. The average Bonchev–Trinajstić information content (AvgIpc) is 2.77. The fourth-order valence-corrected chi connectivity index (χ4v) is 2.72. The Morgan fingerprint density at radius 2 is 1.17 bits per heavy atom. The van der Waals surface area contributed by atoms with Gasteiger partial charge in [-0.25, -0.2) is 0 Å². The molecule has 0 N–H and O–H groups in total. The molecule has 132 valence electrons. The van der Waals surface area contributed by atoms with E-state index < -0.39 is 36.6 Å². The summed E-state index contributed by atoms with van der Waals surface area (Å²) in [4.78, 5) is 0. The minimum atomic E-state index is -0.811. The molecular formula is C16H32B2O5. The Bertz CT molecular complexity index is 411. The summed E-state index contributed by atoms with van der Waals surface area (Å²) in [5.41, 5.74) is -1.39. The molecule has 7 heteroatoms. The van der Waals surface area contributed by atoms with Gasteiger partial charge in [-0.1, -0.05) is 19.8 Å². The fraction of sp³-hybridized carbons (Fsp3) is 1.00. The molecule has 0 aromatic heterocycles. The predicted molar refractivity (Wildman–Crippen MR) is 92.0 cm³/mol. The Morgan fingerprint density at radius 3 is 1.70 bits per heavy atom. The third-order valence-electron chi connectivity index (χ3n) is 5.46. The maximum atomic E-state index is 6.12. The van der Waals surface area contributed by atoms with Crippen molar-refractivity contribution in [2.45, 2.75) is 97.2 Å². The first-order valence-electron chi connectivity index (χ1n) is 8.79. The highest BCUT2D eigenvalue weighted by atomic mass is 16.8. The van der Waals surface area contributed by atoms with Crippen molar-refractivity contribution in [2.75, 3.05) is 6.61 Å². The van der Waals surface area contributed by atoms with Crippen LogP contribution in [0.2, 0.25) is 0 Å². The third kappa shape index (κ3) is 3.64. The van der Waals surface area contributed by atoms with Crippen LogP contribution in [0.15, 0.2) is 0 Å². The van der Waals surface area contributed by atoms with Gasteiger partial charge in [-0.05, 0) is 54.9 Å². The second kappa shape index (κ2) is 6.34. The lowest BCUT2D eigenvalue weighted by Gasteiger charge is -2.36. The molecule has 2 aliphatic rings. The van der Waals surface area contributed by atoms with E-state index in [0.717, 1.165) is 19.3 Å². The summed E-state index contributed by atoms with van der Waals surface area (Å²) in [7, 11) is -1.15. The van der Waals surface area contributed by atoms with E-state index >= 15 is 0 Å². The fourth-order valence-electron chi connectivity index (χ4n) is 2.72. The Labute approximate surface area is 142 Å². The molecular weight excluding hydrogens is 294 g/mol. The molecule has 2 saturated heterocycles. The number of unbranched alkanes of at least 4 members (excludes halogenated alkanes) is 2. The average molecular weight is 326 g/mol. The molecule has 0 aromatic carbocycles. The van der Waals surface area contributed by atoms with Crippen LogP contribution in [-0.4, -0.2) is 43.2 Å². The normalized spacial score (nSPS) is 31.8. The van der Waals surface area contributed by atoms with Gasteiger partial charge in [0.05, 0.1) is 17.8 Å². The smallest absolute Gasteiger partial charge is 0.405 e. The molecule has 0 saturated carbocycles. The van der Waals surface area contributed by atoms with Crippen LogP contribution in [0.5, 0.6) is 0 Å². The maximum absolute atomic E-state index is 6.12. The molecule has 0 bridgehead atoms. The van der Waals surface area contributed by atoms with Gasteiger partial charge in [-0.2, -0.15) is 0 Å². The van der Waals surface area contributed by atoms with Crippen LogP contribution in [0.4, 0.5) is 0 Å². The first-order valence-corrected chi connectivity index (χ1v) is 8.79. The number of hydrogen-bond acceptors (Lipinski definition) is 5. The van der Waals surface area contributed by atoms with E-state index in [1.807, 2.05) is 48.5 Å². The van der Waals surface area contributed by atoms with Gasteiger partial charge in [0.25, 0.3) is 0 Å². The Balaban J connectivity index is 2.02. The Kier molecular flexibility index (Phi) is 5.31. The van der Waals surface area contributed by atoms with Crippen LogP contribution < -0.4 is 0 Å². The lowest BCUT2D eigenvalue weighted by atomic mass is 9.49. The molecule has 2 aliphatic heterocycles. The standard InChI is InChI=1S/C16H32B2O5/c1-9-10-11-12-19-16(8)15(6,7)22-18(23-16)17-20-13(2,3)14(4,5)21-17/h9-12H2,1-8H3/t16-/m0/s1. The molecule has 23 heavy (non-hydrogen) atoms. The van der Waals surface area contributed by atoms with E-state index in [4.69, 9.17) is 23.4 Å². The van der Waals surface area contributed by atoms with E-state index in [1.54, 1.807) is 0 Å². The van der Waals surface area contributed by atoms with E-state index in [-0.39, 0.29) is 0 Å². The second-order valence-corrected chi connectivity index (χ2v) is 8.24. The molecule has 2 fully saturated rings. The van der Waals surface area contributed by atoms with Crippen molar-refractivity contribution >= 4 is 14.0 Å². The summed E-state index contributed by atoms with van der Waals surface area (Å²) in [6, 6.07) is 0. The summed E-state index contributed by atoms with van der Waals surface area (Å²) in [6.07, 6.45) is 3.34. The number of ether oxygens (including phenoxy) is 1. The van der Waals surface area contributed by atoms with E-state index in [9.17, 15) is 0 Å². The molecule has 0 aromatic rings. The number of hydrogen-bond donors (Lipinski definition) is 0. The van der Waals surface area contributed by atoms with Gasteiger partial charge in [0.15, 0.2) is 5.79 Å². The molecule has 0 unspecified atom stereocenters. The lowest BCUT2D eigenvalue weighted by molar-refractivity contribution is -0.215. The first-order chi connectivity index (χ1) is 10.4. The van der Waals surface area contributed by atoms with Crippen molar-refractivity contribution in [1.29, 1.82) is 0 Å². The minimum absolute atomic E-state index is 0.407. The van der Waals surface area contributed by atoms with Gasteiger partial charge in [0.2, 0.25) is 0 Å². The minimum Gasteiger partial charge on any atom is -0.405 e. The highest BCUT2D eigenvalue weighted by molar-refractivity contribution is 7.11. The van der Waals surface area contributed by atoms with Gasteiger partial charge in [-0.3, -0.25) is 0 Å². The quantitative estimate of drug-likeness (QED) is 0.553. The van der Waals surface area contributed by atoms with Gasteiger partial charge in [0, 0.05) is 0 Å². The van der Waals surface area contributed by atoms with Crippen LogP contribution in [0.3, 0.4) is 0 Å². The highest BCUT2D eigenvalue weighted by Gasteiger charge is 2.65. The lowest BCUT2D eigenvalue weighted by Crippen LogP contribution is -2.47.